The van der Waals surface area contributed by atoms with E-state index < -0.39 is 29.9 Å². The number of rotatable bonds is 6. The molecule has 8 heteroatoms. The molecule has 1 N–H and O–H groups in total. The molecule has 176 valence electrons. The van der Waals surface area contributed by atoms with Crippen LogP contribution in [0.4, 0.5) is 15.6 Å². The number of hydrogen-bond donors (Lipinski definition) is 1. The van der Waals surface area contributed by atoms with Crippen LogP contribution in [0.2, 0.25) is 0 Å². The molecule has 2 heterocycles. The van der Waals surface area contributed by atoms with Gasteiger partial charge >= 0.3 is 6.03 Å². The standard InChI is InChI=1S/C27H24N4O3S/c1-3-27(19-12-5-4-6-13-19)24(33)30(25(34)29-27)17-23(32)31(21-15-9-7-11-18(21)2)26-28-20-14-8-10-16-22(20)35-26/h4-16H,3,17H2,1-2H3,(H,29,34). The van der Waals surface area contributed by atoms with Crippen molar-refractivity contribution in [1.82, 2.24) is 15.2 Å². The summed E-state index contributed by atoms with van der Waals surface area (Å²) in [6.45, 7) is 3.36. The molecule has 0 bridgehead atoms. The second-order valence-electron chi connectivity index (χ2n) is 8.43. The maximum absolute atomic E-state index is 13.8. The van der Waals surface area contributed by atoms with E-state index in [2.05, 4.69) is 10.3 Å². The molecular weight excluding hydrogens is 460 g/mol. The molecule has 4 aromatic rings. The molecule has 1 aromatic heterocycles. The van der Waals surface area contributed by atoms with Gasteiger partial charge in [-0.1, -0.05) is 78.9 Å². The van der Waals surface area contributed by atoms with Crippen LogP contribution in [0.3, 0.4) is 0 Å². The van der Waals surface area contributed by atoms with E-state index >= 15 is 0 Å². The molecule has 0 saturated carbocycles. The van der Waals surface area contributed by atoms with Crippen molar-refractivity contribution >= 4 is 50.2 Å². The van der Waals surface area contributed by atoms with Gasteiger partial charge in [-0.2, -0.15) is 0 Å². The quantitative estimate of drug-likeness (QED) is 0.385. The molecule has 1 aliphatic rings. The molecule has 0 radical (unpaired) electrons. The number of anilines is 2. The normalized spacial score (nSPS) is 17.6. The number of benzene rings is 3. The molecule has 1 fully saturated rings. The minimum Gasteiger partial charge on any atom is -0.319 e. The molecule has 3 aromatic carbocycles. The molecule has 0 spiro atoms. The fourth-order valence-corrected chi connectivity index (χ4v) is 5.45. The van der Waals surface area contributed by atoms with Crippen LogP contribution in [-0.4, -0.2) is 34.3 Å². The number of thiazole rings is 1. The van der Waals surface area contributed by atoms with E-state index in [1.165, 1.54) is 16.2 Å². The third-order valence-electron chi connectivity index (χ3n) is 6.35. The Bertz CT molecular complexity index is 1400. The van der Waals surface area contributed by atoms with Crippen LogP contribution in [-0.2, 0) is 15.1 Å². The lowest BCUT2D eigenvalue weighted by atomic mass is 9.87. The van der Waals surface area contributed by atoms with Gasteiger partial charge in [0.25, 0.3) is 11.8 Å². The number of imide groups is 1. The predicted octanol–water partition coefficient (Wildman–Crippen LogP) is 5.13. The largest absolute Gasteiger partial charge is 0.325 e. The first kappa shape index (κ1) is 22.7. The van der Waals surface area contributed by atoms with Crippen molar-refractivity contribution in [3.8, 4) is 0 Å². The number of aryl methyl sites for hydroxylation is 1. The third kappa shape index (κ3) is 3.85. The van der Waals surface area contributed by atoms with E-state index in [1.54, 1.807) is 0 Å². The first-order chi connectivity index (χ1) is 16.9. The monoisotopic (exact) mass is 484 g/mol. The summed E-state index contributed by atoms with van der Waals surface area (Å²) >= 11 is 1.39. The number of para-hydroxylation sites is 2. The zero-order valence-corrected chi connectivity index (χ0v) is 20.2. The van der Waals surface area contributed by atoms with Crippen molar-refractivity contribution in [2.45, 2.75) is 25.8 Å². The second-order valence-corrected chi connectivity index (χ2v) is 9.44. The fraction of sp³-hybridized carbons (Fsp3) is 0.185. The summed E-state index contributed by atoms with van der Waals surface area (Å²) in [5.74, 6) is -0.847. The van der Waals surface area contributed by atoms with E-state index in [1.807, 2.05) is 92.7 Å². The Kier molecular flexibility index (Phi) is 5.82. The van der Waals surface area contributed by atoms with Crippen LogP contribution < -0.4 is 10.2 Å². The summed E-state index contributed by atoms with van der Waals surface area (Å²) < 4.78 is 0.943. The van der Waals surface area contributed by atoms with E-state index in [-0.39, 0.29) is 0 Å². The second kappa shape index (κ2) is 8.96. The van der Waals surface area contributed by atoms with Gasteiger partial charge in [0.2, 0.25) is 0 Å². The van der Waals surface area contributed by atoms with Crippen molar-refractivity contribution in [2.24, 2.45) is 0 Å². The number of carbonyl (C=O) groups excluding carboxylic acids is 3. The van der Waals surface area contributed by atoms with E-state index in [9.17, 15) is 14.4 Å². The van der Waals surface area contributed by atoms with Gasteiger partial charge in [0.1, 0.15) is 12.1 Å². The van der Waals surface area contributed by atoms with Gasteiger partial charge in [-0.3, -0.25) is 19.4 Å². The molecule has 1 saturated heterocycles. The summed E-state index contributed by atoms with van der Waals surface area (Å²) in [5.41, 5.74) is 1.82. The Morgan fingerprint density at radius 2 is 1.69 bits per heavy atom. The maximum atomic E-state index is 13.8. The van der Waals surface area contributed by atoms with Gasteiger partial charge in [0, 0.05) is 0 Å². The Morgan fingerprint density at radius 1 is 1.00 bits per heavy atom. The van der Waals surface area contributed by atoms with E-state index in [4.69, 9.17) is 0 Å². The topological polar surface area (TPSA) is 82.6 Å². The number of urea groups is 1. The number of amides is 4. The summed E-state index contributed by atoms with van der Waals surface area (Å²) in [6, 6.07) is 23.7. The molecular formula is C27H24N4O3S. The van der Waals surface area contributed by atoms with Crippen molar-refractivity contribution < 1.29 is 14.4 Å². The Hall–Kier alpha value is -4.04. The highest BCUT2D eigenvalue weighted by Gasteiger charge is 2.52. The Morgan fingerprint density at radius 3 is 2.40 bits per heavy atom. The Balaban J connectivity index is 1.52. The zero-order chi connectivity index (χ0) is 24.6. The molecule has 0 aliphatic carbocycles. The molecule has 1 atom stereocenters. The SMILES string of the molecule is CCC1(c2ccccc2)NC(=O)N(CC(=O)N(c2nc3ccccc3s2)c2ccccc2C)C1=O. The number of hydrogen-bond acceptors (Lipinski definition) is 5. The average Bonchev–Trinajstić information content (AvgIpc) is 3.40. The number of nitrogens with zero attached hydrogens (tertiary/aromatic N) is 3. The highest BCUT2D eigenvalue weighted by atomic mass is 32.1. The highest BCUT2D eigenvalue weighted by Crippen LogP contribution is 2.36. The van der Waals surface area contributed by atoms with Crippen molar-refractivity contribution in [3.05, 3.63) is 90.0 Å². The molecule has 4 amide bonds. The van der Waals surface area contributed by atoms with Crippen LogP contribution in [0.5, 0.6) is 0 Å². The maximum Gasteiger partial charge on any atom is 0.325 e. The number of nitrogens with one attached hydrogen (secondary N) is 1. The molecule has 1 unspecified atom stereocenters. The van der Waals surface area contributed by atoms with Gasteiger partial charge in [-0.25, -0.2) is 9.78 Å². The lowest BCUT2D eigenvalue weighted by Crippen LogP contribution is -2.45. The fourth-order valence-electron chi connectivity index (χ4n) is 4.45. The summed E-state index contributed by atoms with van der Waals surface area (Å²) in [6.07, 6.45) is 0.367. The van der Waals surface area contributed by atoms with Crippen LogP contribution in [0, 0.1) is 6.92 Å². The number of fused-ring (bicyclic) bond motifs is 1. The van der Waals surface area contributed by atoms with Crippen molar-refractivity contribution in [1.29, 1.82) is 0 Å². The molecule has 1 aliphatic heterocycles. The summed E-state index contributed by atoms with van der Waals surface area (Å²) in [5, 5.41) is 3.33. The summed E-state index contributed by atoms with van der Waals surface area (Å²) in [7, 11) is 0. The third-order valence-corrected chi connectivity index (χ3v) is 7.37. The van der Waals surface area contributed by atoms with Gasteiger partial charge in [-0.15, -0.1) is 0 Å². The first-order valence-corrected chi connectivity index (χ1v) is 12.2. The van der Waals surface area contributed by atoms with Gasteiger partial charge in [0.15, 0.2) is 5.13 Å². The smallest absolute Gasteiger partial charge is 0.319 e. The van der Waals surface area contributed by atoms with Gasteiger partial charge < -0.3 is 5.32 Å². The van der Waals surface area contributed by atoms with Crippen LogP contribution in [0.15, 0.2) is 78.9 Å². The minimum atomic E-state index is -1.19. The molecule has 35 heavy (non-hydrogen) atoms. The zero-order valence-electron chi connectivity index (χ0n) is 19.4. The van der Waals surface area contributed by atoms with Crippen molar-refractivity contribution in [3.63, 3.8) is 0 Å². The molecule has 5 rings (SSSR count). The van der Waals surface area contributed by atoms with Gasteiger partial charge in [0.05, 0.1) is 15.9 Å². The van der Waals surface area contributed by atoms with Crippen LogP contribution >= 0.6 is 11.3 Å². The lowest BCUT2D eigenvalue weighted by molar-refractivity contribution is -0.134. The lowest BCUT2D eigenvalue weighted by Gasteiger charge is -2.26. The Labute approximate surface area is 207 Å². The average molecular weight is 485 g/mol. The van der Waals surface area contributed by atoms with Gasteiger partial charge in [-0.05, 0) is 42.7 Å². The van der Waals surface area contributed by atoms with Crippen LogP contribution in [0.25, 0.3) is 10.2 Å². The minimum absolute atomic E-state index is 0.367. The van der Waals surface area contributed by atoms with Crippen LogP contribution in [0.1, 0.15) is 24.5 Å². The van der Waals surface area contributed by atoms with Crippen molar-refractivity contribution in [2.75, 3.05) is 11.4 Å². The van der Waals surface area contributed by atoms with E-state index in [0.29, 0.717) is 22.8 Å². The number of carbonyl (C=O) groups is 3. The number of aromatic nitrogens is 1. The summed E-state index contributed by atoms with van der Waals surface area (Å²) in [4.78, 5) is 47.5. The predicted molar refractivity (Wildman–Crippen MR) is 137 cm³/mol. The molecule has 7 nitrogen and oxygen atoms in total. The van der Waals surface area contributed by atoms with E-state index in [0.717, 1.165) is 20.7 Å². The first-order valence-electron chi connectivity index (χ1n) is 11.4. The highest BCUT2D eigenvalue weighted by molar-refractivity contribution is 7.22.